The van der Waals surface area contributed by atoms with Gasteiger partial charge in [-0.05, 0) is 13.5 Å². The van der Waals surface area contributed by atoms with Gasteiger partial charge in [0.15, 0.2) is 0 Å². The van der Waals surface area contributed by atoms with Crippen LogP contribution in [0.5, 0.6) is 0 Å². The lowest BCUT2D eigenvalue weighted by molar-refractivity contribution is 0.820. The minimum absolute atomic E-state index is 0.860. The van der Waals surface area contributed by atoms with E-state index in [-0.39, 0.29) is 0 Å². The molecule has 0 aliphatic carbocycles. The van der Waals surface area contributed by atoms with Crippen LogP contribution < -0.4 is 16.0 Å². The Morgan fingerprint density at radius 3 is 2.33 bits per heavy atom. The highest BCUT2D eigenvalue weighted by molar-refractivity contribution is 5.46. The fraction of sp³-hybridized carbons (Fsp3) is 0.600. The lowest BCUT2D eigenvalue weighted by atomic mass is 10.4. The lowest BCUT2D eigenvalue weighted by Gasteiger charge is -2.07. The molecule has 1 rings (SSSR count). The summed E-state index contributed by atoms with van der Waals surface area (Å²) in [5.41, 5.74) is 0. The van der Waals surface area contributed by atoms with E-state index in [1.54, 1.807) is 6.33 Å². The monoisotopic (exact) mass is 209 g/mol. The van der Waals surface area contributed by atoms with Gasteiger partial charge in [-0.25, -0.2) is 9.97 Å². The average Bonchev–Trinajstić information content (AvgIpc) is 2.27. The molecule has 0 spiro atoms. The van der Waals surface area contributed by atoms with Gasteiger partial charge < -0.3 is 16.0 Å². The molecule has 84 valence electrons. The Hall–Kier alpha value is -1.36. The summed E-state index contributed by atoms with van der Waals surface area (Å²) in [5.74, 6) is 1.73. The van der Waals surface area contributed by atoms with Crippen LogP contribution in [0.3, 0.4) is 0 Å². The molecule has 0 fully saturated rings. The fourth-order valence-electron chi connectivity index (χ4n) is 1.12. The molecule has 0 unspecified atom stereocenters. The first-order valence-corrected chi connectivity index (χ1v) is 5.31. The normalized spacial score (nSPS) is 10.0. The molecule has 15 heavy (non-hydrogen) atoms. The van der Waals surface area contributed by atoms with Crippen molar-refractivity contribution in [2.75, 3.05) is 37.3 Å². The second-order valence-corrected chi connectivity index (χ2v) is 3.25. The maximum atomic E-state index is 4.13. The number of hydrogen-bond donors (Lipinski definition) is 3. The van der Waals surface area contributed by atoms with Crippen LogP contribution in [0.1, 0.15) is 13.3 Å². The van der Waals surface area contributed by atoms with E-state index >= 15 is 0 Å². The summed E-state index contributed by atoms with van der Waals surface area (Å²) in [5, 5.41) is 9.49. The smallest absolute Gasteiger partial charge is 0.131 e. The number of likely N-dealkylation sites (N-methyl/N-ethyl adjacent to an activating group) is 1. The van der Waals surface area contributed by atoms with E-state index in [4.69, 9.17) is 0 Å². The summed E-state index contributed by atoms with van der Waals surface area (Å²) in [6.07, 6.45) is 2.66. The molecule has 0 aliphatic heterocycles. The highest BCUT2D eigenvalue weighted by Crippen LogP contribution is 2.07. The number of hydrogen-bond acceptors (Lipinski definition) is 5. The Kier molecular flexibility index (Phi) is 5.47. The SMILES string of the molecule is CCCNc1cc(NCCNC)ncn1. The molecule has 0 radical (unpaired) electrons. The molecule has 1 heterocycles. The van der Waals surface area contributed by atoms with Gasteiger partial charge in [-0.15, -0.1) is 0 Å². The summed E-state index contributed by atoms with van der Waals surface area (Å²) < 4.78 is 0. The largest absolute Gasteiger partial charge is 0.370 e. The van der Waals surface area contributed by atoms with E-state index in [0.29, 0.717) is 0 Å². The number of anilines is 2. The minimum Gasteiger partial charge on any atom is -0.370 e. The molecule has 0 amide bonds. The van der Waals surface area contributed by atoms with Crippen LogP contribution in [0.4, 0.5) is 11.6 Å². The highest BCUT2D eigenvalue weighted by Gasteiger charge is 1.96. The quantitative estimate of drug-likeness (QED) is 0.583. The van der Waals surface area contributed by atoms with Crippen molar-refractivity contribution in [1.29, 1.82) is 0 Å². The standard InChI is InChI=1S/C10H19N5/c1-3-4-12-9-7-10(15-8-14-9)13-6-5-11-2/h7-8,11H,3-6H2,1-2H3,(H2,12,13,14,15). The Morgan fingerprint density at radius 2 is 1.73 bits per heavy atom. The first-order valence-electron chi connectivity index (χ1n) is 5.31. The summed E-state index contributed by atoms with van der Waals surface area (Å²) in [7, 11) is 1.93. The van der Waals surface area contributed by atoms with Crippen molar-refractivity contribution >= 4 is 11.6 Å². The third-order valence-corrected chi connectivity index (χ3v) is 1.90. The van der Waals surface area contributed by atoms with Crippen molar-refractivity contribution in [1.82, 2.24) is 15.3 Å². The maximum Gasteiger partial charge on any atom is 0.131 e. The van der Waals surface area contributed by atoms with E-state index < -0.39 is 0 Å². The Bertz CT molecular complexity index is 276. The molecule has 0 aliphatic rings. The van der Waals surface area contributed by atoms with Crippen LogP contribution in [-0.4, -0.2) is 36.6 Å². The Balaban J connectivity index is 2.42. The predicted octanol–water partition coefficient (Wildman–Crippen LogP) is 0.930. The molecule has 1 aromatic heterocycles. The van der Waals surface area contributed by atoms with Gasteiger partial charge in [0, 0.05) is 25.7 Å². The number of nitrogens with one attached hydrogen (secondary N) is 3. The zero-order chi connectivity index (χ0) is 10.9. The topological polar surface area (TPSA) is 61.9 Å². The molecule has 5 nitrogen and oxygen atoms in total. The van der Waals surface area contributed by atoms with E-state index in [9.17, 15) is 0 Å². The summed E-state index contributed by atoms with van der Waals surface area (Å²) in [6, 6.07) is 1.92. The van der Waals surface area contributed by atoms with Crippen LogP contribution >= 0.6 is 0 Å². The summed E-state index contributed by atoms with van der Waals surface area (Å²) in [6.45, 7) is 4.84. The maximum absolute atomic E-state index is 4.13. The molecular formula is C10H19N5. The van der Waals surface area contributed by atoms with Gasteiger partial charge in [0.2, 0.25) is 0 Å². The Morgan fingerprint density at radius 1 is 1.07 bits per heavy atom. The van der Waals surface area contributed by atoms with Gasteiger partial charge in [0.05, 0.1) is 0 Å². The first kappa shape index (κ1) is 11.7. The van der Waals surface area contributed by atoms with Gasteiger partial charge in [-0.3, -0.25) is 0 Å². The van der Waals surface area contributed by atoms with Gasteiger partial charge in [0.1, 0.15) is 18.0 Å². The van der Waals surface area contributed by atoms with Crippen molar-refractivity contribution in [2.24, 2.45) is 0 Å². The molecule has 5 heteroatoms. The molecule has 0 bridgehead atoms. The summed E-state index contributed by atoms with van der Waals surface area (Å²) >= 11 is 0. The highest BCUT2D eigenvalue weighted by atomic mass is 15.1. The van der Waals surface area contributed by atoms with Crippen LogP contribution in [0.15, 0.2) is 12.4 Å². The molecule has 0 aromatic carbocycles. The third-order valence-electron chi connectivity index (χ3n) is 1.90. The number of aromatic nitrogens is 2. The minimum atomic E-state index is 0.860. The fourth-order valence-corrected chi connectivity index (χ4v) is 1.12. The van der Waals surface area contributed by atoms with Crippen LogP contribution in [0, 0.1) is 0 Å². The molecule has 0 saturated carbocycles. The molecule has 0 saturated heterocycles. The zero-order valence-corrected chi connectivity index (χ0v) is 9.38. The van der Waals surface area contributed by atoms with Crippen LogP contribution in [0.25, 0.3) is 0 Å². The van der Waals surface area contributed by atoms with E-state index in [0.717, 1.165) is 37.7 Å². The van der Waals surface area contributed by atoms with Crippen molar-refractivity contribution in [2.45, 2.75) is 13.3 Å². The van der Waals surface area contributed by atoms with Crippen molar-refractivity contribution < 1.29 is 0 Å². The number of rotatable bonds is 7. The molecule has 3 N–H and O–H groups in total. The van der Waals surface area contributed by atoms with E-state index in [1.807, 2.05) is 13.1 Å². The second-order valence-electron chi connectivity index (χ2n) is 3.25. The van der Waals surface area contributed by atoms with Crippen molar-refractivity contribution in [3.63, 3.8) is 0 Å². The van der Waals surface area contributed by atoms with Crippen molar-refractivity contribution in [3.8, 4) is 0 Å². The molecule has 0 atom stereocenters. The Labute approximate surface area is 90.7 Å². The van der Waals surface area contributed by atoms with Gasteiger partial charge in [0.25, 0.3) is 0 Å². The van der Waals surface area contributed by atoms with Gasteiger partial charge in [-0.1, -0.05) is 6.92 Å². The second kappa shape index (κ2) is 7.00. The number of nitrogens with zero attached hydrogens (tertiary/aromatic N) is 2. The third kappa shape index (κ3) is 4.60. The van der Waals surface area contributed by atoms with Gasteiger partial charge >= 0.3 is 0 Å². The van der Waals surface area contributed by atoms with E-state index in [2.05, 4.69) is 32.8 Å². The average molecular weight is 209 g/mol. The molecule has 1 aromatic rings. The van der Waals surface area contributed by atoms with E-state index in [1.165, 1.54) is 0 Å². The van der Waals surface area contributed by atoms with Crippen molar-refractivity contribution in [3.05, 3.63) is 12.4 Å². The molecular weight excluding hydrogens is 190 g/mol. The zero-order valence-electron chi connectivity index (χ0n) is 9.38. The predicted molar refractivity (Wildman–Crippen MR) is 63.2 cm³/mol. The van der Waals surface area contributed by atoms with Crippen LogP contribution in [0.2, 0.25) is 0 Å². The first-order chi connectivity index (χ1) is 7.36. The summed E-state index contributed by atoms with van der Waals surface area (Å²) in [4.78, 5) is 8.26. The van der Waals surface area contributed by atoms with Crippen LogP contribution in [-0.2, 0) is 0 Å². The lowest BCUT2D eigenvalue weighted by Crippen LogP contribution is -2.18. The van der Waals surface area contributed by atoms with Gasteiger partial charge in [-0.2, -0.15) is 0 Å².